The van der Waals surface area contributed by atoms with Crippen molar-refractivity contribution >= 4 is 23.5 Å². The predicted octanol–water partition coefficient (Wildman–Crippen LogP) is 0.749. The molecule has 0 aliphatic carbocycles. The Bertz CT molecular complexity index is 494. The Morgan fingerprint density at radius 3 is 3.05 bits per heavy atom. The SMILES string of the molecule is COC(=O)C1COCCN1C(=O)c1ccncc1Cl. The van der Waals surface area contributed by atoms with Crippen molar-refractivity contribution in [2.45, 2.75) is 6.04 Å². The molecule has 1 aliphatic rings. The van der Waals surface area contributed by atoms with E-state index >= 15 is 0 Å². The average molecular weight is 285 g/mol. The van der Waals surface area contributed by atoms with Crippen LogP contribution in [0.4, 0.5) is 0 Å². The first-order valence-electron chi connectivity index (χ1n) is 5.71. The molecule has 6 nitrogen and oxygen atoms in total. The first-order chi connectivity index (χ1) is 9.15. The molecular weight excluding hydrogens is 272 g/mol. The van der Waals surface area contributed by atoms with Gasteiger partial charge in [0.15, 0.2) is 6.04 Å². The number of aromatic nitrogens is 1. The fourth-order valence-corrected chi connectivity index (χ4v) is 2.08. The van der Waals surface area contributed by atoms with Crippen molar-refractivity contribution in [1.82, 2.24) is 9.88 Å². The van der Waals surface area contributed by atoms with Crippen LogP contribution in [0.1, 0.15) is 10.4 Å². The number of rotatable bonds is 2. The fraction of sp³-hybridized carbons (Fsp3) is 0.417. The van der Waals surface area contributed by atoms with Crippen molar-refractivity contribution in [1.29, 1.82) is 0 Å². The highest BCUT2D eigenvalue weighted by atomic mass is 35.5. The Morgan fingerprint density at radius 1 is 1.58 bits per heavy atom. The number of nitrogens with zero attached hydrogens (tertiary/aromatic N) is 2. The van der Waals surface area contributed by atoms with Gasteiger partial charge in [0.2, 0.25) is 0 Å². The van der Waals surface area contributed by atoms with E-state index in [1.165, 1.54) is 30.5 Å². The molecule has 0 saturated carbocycles. The van der Waals surface area contributed by atoms with Crippen LogP contribution in [0, 0.1) is 0 Å². The summed E-state index contributed by atoms with van der Waals surface area (Å²) >= 11 is 5.94. The molecule has 0 spiro atoms. The van der Waals surface area contributed by atoms with Gasteiger partial charge < -0.3 is 14.4 Å². The molecule has 102 valence electrons. The topological polar surface area (TPSA) is 68.7 Å². The summed E-state index contributed by atoms with van der Waals surface area (Å²) in [5.74, 6) is -0.829. The number of hydrogen-bond acceptors (Lipinski definition) is 5. The van der Waals surface area contributed by atoms with Crippen LogP contribution in [0.25, 0.3) is 0 Å². The van der Waals surface area contributed by atoms with E-state index < -0.39 is 12.0 Å². The molecule has 1 atom stereocenters. The third-order valence-corrected chi connectivity index (χ3v) is 3.17. The van der Waals surface area contributed by atoms with E-state index in [0.717, 1.165) is 0 Å². The molecule has 19 heavy (non-hydrogen) atoms. The fourth-order valence-electron chi connectivity index (χ4n) is 1.88. The van der Waals surface area contributed by atoms with Gasteiger partial charge in [0.05, 0.1) is 30.9 Å². The molecule has 2 rings (SSSR count). The maximum absolute atomic E-state index is 12.4. The number of halogens is 1. The van der Waals surface area contributed by atoms with Crippen LogP contribution in [0.2, 0.25) is 5.02 Å². The van der Waals surface area contributed by atoms with Crippen molar-refractivity contribution < 1.29 is 19.1 Å². The summed E-state index contributed by atoms with van der Waals surface area (Å²) in [6.07, 6.45) is 2.87. The molecule has 2 heterocycles. The second-order valence-electron chi connectivity index (χ2n) is 3.97. The molecule has 0 radical (unpaired) electrons. The molecule has 1 aliphatic heterocycles. The summed E-state index contributed by atoms with van der Waals surface area (Å²) in [6.45, 7) is 0.820. The molecule has 1 fully saturated rings. The Labute approximate surface area is 115 Å². The van der Waals surface area contributed by atoms with Gasteiger partial charge in [0, 0.05) is 18.9 Å². The zero-order valence-electron chi connectivity index (χ0n) is 10.3. The van der Waals surface area contributed by atoms with Gasteiger partial charge in [-0.1, -0.05) is 11.6 Å². The number of esters is 1. The van der Waals surface area contributed by atoms with Crippen LogP contribution in [0.3, 0.4) is 0 Å². The second-order valence-corrected chi connectivity index (χ2v) is 4.38. The van der Waals surface area contributed by atoms with Crippen LogP contribution >= 0.6 is 11.6 Å². The van der Waals surface area contributed by atoms with Gasteiger partial charge in [-0.15, -0.1) is 0 Å². The minimum atomic E-state index is -0.740. The van der Waals surface area contributed by atoms with Crippen molar-refractivity contribution in [3.63, 3.8) is 0 Å². The highest BCUT2D eigenvalue weighted by Gasteiger charge is 2.34. The monoisotopic (exact) mass is 284 g/mol. The first-order valence-corrected chi connectivity index (χ1v) is 6.09. The van der Waals surface area contributed by atoms with Gasteiger partial charge in [0.1, 0.15) is 0 Å². The van der Waals surface area contributed by atoms with Crippen molar-refractivity contribution in [2.75, 3.05) is 26.9 Å². The van der Waals surface area contributed by atoms with Gasteiger partial charge in [-0.25, -0.2) is 4.79 Å². The standard InChI is InChI=1S/C12H13ClN2O4/c1-18-12(17)10-7-19-5-4-15(10)11(16)8-2-3-14-6-9(8)13/h2-3,6,10H,4-5,7H2,1H3. The molecule has 1 aromatic heterocycles. The van der Waals surface area contributed by atoms with E-state index in [2.05, 4.69) is 9.72 Å². The molecule has 0 N–H and O–H groups in total. The average Bonchev–Trinajstić information content (AvgIpc) is 2.46. The Hall–Kier alpha value is -1.66. The van der Waals surface area contributed by atoms with E-state index in [0.29, 0.717) is 18.7 Å². The second kappa shape index (κ2) is 5.99. The van der Waals surface area contributed by atoms with Gasteiger partial charge in [-0.3, -0.25) is 9.78 Å². The number of pyridine rings is 1. The van der Waals surface area contributed by atoms with E-state index in [1.54, 1.807) is 0 Å². The first kappa shape index (κ1) is 13.8. The minimum Gasteiger partial charge on any atom is -0.467 e. The minimum absolute atomic E-state index is 0.126. The van der Waals surface area contributed by atoms with E-state index in [4.69, 9.17) is 16.3 Å². The summed E-state index contributed by atoms with van der Waals surface area (Å²) in [7, 11) is 1.28. The molecule has 1 amide bonds. The Kier molecular flexibility index (Phi) is 4.34. The van der Waals surface area contributed by atoms with E-state index in [-0.39, 0.29) is 17.5 Å². The van der Waals surface area contributed by atoms with E-state index in [9.17, 15) is 9.59 Å². The maximum atomic E-state index is 12.4. The lowest BCUT2D eigenvalue weighted by Gasteiger charge is -2.33. The number of ether oxygens (including phenoxy) is 2. The van der Waals surface area contributed by atoms with Crippen molar-refractivity contribution in [3.8, 4) is 0 Å². The molecular formula is C12H13ClN2O4. The number of carbonyl (C=O) groups is 2. The molecule has 0 aromatic carbocycles. The highest BCUT2D eigenvalue weighted by Crippen LogP contribution is 2.19. The summed E-state index contributed by atoms with van der Waals surface area (Å²) in [5.41, 5.74) is 0.312. The van der Waals surface area contributed by atoms with Crippen molar-refractivity contribution in [3.05, 3.63) is 29.0 Å². The zero-order chi connectivity index (χ0) is 13.8. The predicted molar refractivity (Wildman–Crippen MR) is 66.9 cm³/mol. The van der Waals surface area contributed by atoms with E-state index in [1.807, 2.05) is 0 Å². The van der Waals surface area contributed by atoms with Crippen LogP contribution in [-0.2, 0) is 14.3 Å². The molecule has 1 aromatic rings. The van der Waals surface area contributed by atoms with Crippen LogP contribution < -0.4 is 0 Å². The quantitative estimate of drug-likeness (QED) is 0.750. The molecule has 1 saturated heterocycles. The number of morpholine rings is 1. The zero-order valence-corrected chi connectivity index (χ0v) is 11.1. The van der Waals surface area contributed by atoms with Crippen LogP contribution in [0.5, 0.6) is 0 Å². The number of amides is 1. The maximum Gasteiger partial charge on any atom is 0.331 e. The van der Waals surface area contributed by atoms with Gasteiger partial charge >= 0.3 is 5.97 Å². The smallest absolute Gasteiger partial charge is 0.331 e. The summed E-state index contributed by atoms with van der Waals surface area (Å²) < 4.78 is 9.89. The summed E-state index contributed by atoms with van der Waals surface area (Å²) in [4.78, 5) is 29.3. The largest absolute Gasteiger partial charge is 0.467 e. The van der Waals surface area contributed by atoms with Gasteiger partial charge in [-0.2, -0.15) is 0 Å². The lowest BCUT2D eigenvalue weighted by atomic mass is 10.1. The molecule has 1 unspecified atom stereocenters. The van der Waals surface area contributed by atoms with Crippen molar-refractivity contribution in [2.24, 2.45) is 0 Å². The van der Waals surface area contributed by atoms with Crippen LogP contribution in [-0.4, -0.2) is 54.7 Å². The third-order valence-electron chi connectivity index (χ3n) is 2.87. The molecule has 0 bridgehead atoms. The summed E-state index contributed by atoms with van der Waals surface area (Å²) in [6, 6.07) is 0.782. The summed E-state index contributed by atoms with van der Waals surface area (Å²) in [5, 5.41) is 0.252. The number of carbonyl (C=O) groups excluding carboxylic acids is 2. The third kappa shape index (κ3) is 2.85. The lowest BCUT2D eigenvalue weighted by Crippen LogP contribution is -2.53. The number of methoxy groups -OCH3 is 1. The highest BCUT2D eigenvalue weighted by molar-refractivity contribution is 6.33. The van der Waals surface area contributed by atoms with Gasteiger partial charge in [0.25, 0.3) is 5.91 Å². The number of hydrogen-bond donors (Lipinski definition) is 0. The lowest BCUT2D eigenvalue weighted by molar-refractivity contribution is -0.151. The Balaban J connectivity index is 2.25. The normalized spacial score (nSPS) is 19.1. The molecule has 7 heteroatoms. The van der Waals surface area contributed by atoms with Crippen LogP contribution in [0.15, 0.2) is 18.5 Å². The Morgan fingerprint density at radius 2 is 2.37 bits per heavy atom. The van der Waals surface area contributed by atoms with Gasteiger partial charge in [-0.05, 0) is 6.07 Å².